The van der Waals surface area contributed by atoms with Gasteiger partial charge < -0.3 is 14.8 Å². The van der Waals surface area contributed by atoms with Gasteiger partial charge in [-0.15, -0.1) is 0 Å². The zero-order valence-electron chi connectivity index (χ0n) is 14.6. The minimum Gasteiger partial charge on any atom is -0.494 e. The van der Waals surface area contributed by atoms with Gasteiger partial charge in [-0.05, 0) is 48.4 Å². The number of halogens is 1. The molecular formula is C20H24FNO3. The predicted octanol–water partition coefficient (Wildman–Crippen LogP) is 4.12. The van der Waals surface area contributed by atoms with Gasteiger partial charge in [-0.2, -0.15) is 0 Å². The number of amides is 1. The molecule has 1 unspecified atom stereocenters. The molecule has 1 amide bonds. The molecule has 0 aliphatic carbocycles. The first-order valence-corrected chi connectivity index (χ1v) is 8.43. The summed E-state index contributed by atoms with van der Waals surface area (Å²) in [6.45, 7) is 3.03. The van der Waals surface area contributed by atoms with Crippen LogP contribution in [-0.4, -0.2) is 26.2 Å². The second kappa shape index (κ2) is 9.79. The van der Waals surface area contributed by atoms with Crippen LogP contribution in [0, 0.1) is 5.82 Å². The fourth-order valence-corrected chi connectivity index (χ4v) is 2.37. The molecule has 0 aliphatic rings. The normalized spacial score (nSPS) is 11.8. The first-order chi connectivity index (χ1) is 12.1. The van der Waals surface area contributed by atoms with Crippen LogP contribution in [0.5, 0.6) is 5.75 Å². The number of hydrogen-bond donors (Lipinski definition) is 1. The molecule has 2 rings (SSSR count). The smallest absolute Gasteiger partial charge is 0.251 e. The quantitative estimate of drug-likeness (QED) is 0.696. The number of methoxy groups -OCH3 is 1. The van der Waals surface area contributed by atoms with E-state index in [-0.39, 0.29) is 18.3 Å². The lowest BCUT2D eigenvalue weighted by molar-refractivity contribution is 0.0827. The monoisotopic (exact) mass is 345 g/mol. The maximum absolute atomic E-state index is 13.3. The molecule has 134 valence electrons. The summed E-state index contributed by atoms with van der Waals surface area (Å²) in [5.74, 6) is 0.211. The maximum atomic E-state index is 13.3. The average molecular weight is 345 g/mol. The molecule has 0 fully saturated rings. The van der Waals surface area contributed by atoms with Crippen molar-refractivity contribution in [3.8, 4) is 5.75 Å². The van der Waals surface area contributed by atoms with Crippen molar-refractivity contribution in [3.63, 3.8) is 0 Å². The van der Waals surface area contributed by atoms with Crippen molar-refractivity contribution >= 4 is 5.91 Å². The molecule has 0 spiro atoms. The molecular weight excluding hydrogens is 321 g/mol. The number of carbonyl (C=O) groups excluding carboxylic acids is 1. The number of ether oxygens (including phenoxy) is 2. The molecule has 2 aromatic rings. The van der Waals surface area contributed by atoms with Crippen LogP contribution in [0.3, 0.4) is 0 Å². The predicted molar refractivity (Wildman–Crippen MR) is 95.3 cm³/mol. The molecule has 0 bridgehead atoms. The third kappa shape index (κ3) is 5.87. The van der Waals surface area contributed by atoms with Crippen molar-refractivity contribution < 1.29 is 18.7 Å². The number of carbonyl (C=O) groups is 1. The molecule has 0 radical (unpaired) electrons. The highest BCUT2D eigenvalue weighted by Crippen LogP contribution is 2.17. The van der Waals surface area contributed by atoms with Crippen LogP contribution in [-0.2, 0) is 4.74 Å². The lowest BCUT2D eigenvalue weighted by Crippen LogP contribution is -2.29. The van der Waals surface area contributed by atoms with Crippen LogP contribution in [0.1, 0.15) is 41.8 Å². The summed E-state index contributed by atoms with van der Waals surface area (Å²) in [5.41, 5.74) is 1.22. The molecule has 25 heavy (non-hydrogen) atoms. The van der Waals surface area contributed by atoms with Crippen LogP contribution in [0.15, 0.2) is 48.5 Å². The van der Waals surface area contributed by atoms with Crippen LogP contribution in [0.25, 0.3) is 0 Å². The van der Waals surface area contributed by atoms with E-state index in [1.807, 2.05) is 0 Å². The Bertz CT molecular complexity index is 673. The Morgan fingerprint density at radius 3 is 2.60 bits per heavy atom. The van der Waals surface area contributed by atoms with Gasteiger partial charge in [-0.1, -0.05) is 25.5 Å². The molecule has 0 saturated carbocycles. The summed E-state index contributed by atoms with van der Waals surface area (Å²) < 4.78 is 24.3. The van der Waals surface area contributed by atoms with E-state index in [0.29, 0.717) is 17.7 Å². The van der Waals surface area contributed by atoms with E-state index < -0.39 is 6.10 Å². The van der Waals surface area contributed by atoms with Gasteiger partial charge in [0.1, 0.15) is 11.6 Å². The van der Waals surface area contributed by atoms with E-state index >= 15 is 0 Å². The summed E-state index contributed by atoms with van der Waals surface area (Å²) in [4.78, 5) is 12.3. The average Bonchev–Trinajstić information content (AvgIpc) is 2.63. The second-order valence-corrected chi connectivity index (χ2v) is 5.72. The van der Waals surface area contributed by atoms with E-state index in [0.717, 1.165) is 18.6 Å². The number of rotatable bonds is 9. The number of hydrogen-bond acceptors (Lipinski definition) is 3. The summed E-state index contributed by atoms with van der Waals surface area (Å²) in [5, 5.41) is 2.81. The highest BCUT2D eigenvalue weighted by Gasteiger charge is 2.13. The van der Waals surface area contributed by atoms with Crippen LogP contribution >= 0.6 is 0 Å². The van der Waals surface area contributed by atoms with E-state index in [2.05, 4.69) is 12.2 Å². The molecule has 0 heterocycles. The molecule has 1 N–H and O–H groups in total. The Labute approximate surface area is 148 Å². The van der Waals surface area contributed by atoms with Gasteiger partial charge in [0.05, 0.1) is 12.7 Å². The van der Waals surface area contributed by atoms with Crippen molar-refractivity contribution in [1.82, 2.24) is 5.32 Å². The molecule has 0 saturated heterocycles. The SMILES string of the molecule is CCCCOc1ccc(C(=O)NCC(OC)c2cccc(F)c2)cc1. The summed E-state index contributed by atoms with van der Waals surface area (Å²) >= 11 is 0. The molecule has 5 heteroatoms. The minimum absolute atomic E-state index is 0.210. The van der Waals surface area contributed by atoms with Gasteiger partial charge in [0.25, 0.3) is 5.91 Å². The Balaban J connectivity index is 1.90. The topological polar surface area (TPSA) is 47.6 Å². The lowest BCUT2D eigenvalue weighted by atomic mass is 10.1. The standard InChI is InChI=1S/C20H24FNO3/c1-3-4-12-25-18-10-8-15(9-11-18)20(23)22-14-19(24-2)16-6-5-7-17(21)13-16/h5-11,13,19H,3-4,12,14H2,1-2H3,(H,22,23). The Morgan fingerprint density at radius 1 is 1.20 bits per heavy atom. The van der Waals surface area contributed by atoms with E-state index in [1.54, 1.807) is 36.4 Å². The van der Waals surface area contributed by atoms with Gasteiger partial charge in [-0.25, -0.2) is 4.39 Å². The fourth-order valence-electron chi connectivity index (χ4n) is 2.37. The first-order valence-electron chi connectivity index (χ1n) is 8.43. The second-order valence-electron chi connectivity index (χ2n) is 5.72. The summed E-state index contributed by atoms with van der Waals surface area (Å²) in [6.07, 6.45) is 1.67. The van der Waals surface area contributed by atoms with Crippen molar-refractivity contribution in [3.05, 3.63) is 65.5 Å². The van der Waals surface area contributed by atoms with Crippen LogP contribution < -0.4 is 10.1 Å². The zero-order valence-corrected chi connectivity index (χ0v) is 14.6. The third-order valence-corrected chi connectivity index (χ3v) is 3.84. The Morgan fingerprint density at radius 2 is 1.96 bits per heavy atom. The van der Waals surface area contributed by atoms with Gasteiger partial charge in [0.2, 0.25) is 0 Å². The molecule has 2 aromatic carbocycles. The Hall–Kier alpha value is -2.40. The van der Waals surface area contributed by atoms with Crippen LogP contribution in [0.2, 0.25) is 0 Å². The molecule has 0 aliphatic heterocycles. The molecule has 1 atom stereocenters. The number of nitrogens with one attached hydrogen (secondary N) is 1. The highest BCUT2D eigenvalue weighted by atomic mass is 19.1. The number of unbranched alkanes of at least 4 members (excludes halogenated alkanes) is 1. The first kappa shape index (κ1) is 18.9. The fraction of sp³-hybridized carbons (Fsp3) is 0.350. The van der Waals surface area contributed by atoms with Crippen LogP contribution in [0.4, 0.5) is 4.39 Å². The van der Waals surface area contributed by atoms with Gasteiger partial charge in [-0.3, -0.25) is 4.79 Å². The van der Waals surface area contributed by atoms with Crippen molar-refractivity contribution in [2.75, 3.05) is 20.3 Å². The molecule has 0 aromatic heterocycles. The Kier molecular flexibility index (Phi) is 7.41. The summed E-state index contributed by atoms with van der Waals surface area (Å²) in [7, 11) is 1.53. The van der Waals surface area contributed by atoms with E-state index in [9.17, 15) is 9.18 Å². The highest BCUT2D eigenvalue weighted by molar-refractivity contribution is 5.94. The summed E-state index contributed by atoms with van der Waals surface area (Å²) in [6, 6.07) is 13.2. The largest absolute Gasteiger partial charge is 0.494 e. The van der Waals surface area contributed by atoms with Gasteiger partial charge in [0, 0.05) is 19.2 Å². The van der Waals surface area contributed by atoms with E-state index in [1.165, 1.54) is 19.2 Å². The van der Waals surface area contributed by atoms with Crippen molar-refractivity contribution in [2.24, 2.45) is 0 Å². The van der Waals surface area contributed by atoms with Gasteiger partial charge in [0.15, 0.2) is 0 Å². The zero-order chi connectivity index (χ0) is 18.1. The van der Waals surface area contributed by atoms with Crippen molar-refractivity contribution in [2.45, 2.75) is 25.9 Å². The van der Waals surface area contributed by atoms with Gasteiger partial charge >= 0.3 is 0 Å². The molecule has 4 nitrogen and oxygen atoms in total. The third-order valence-electron chi connectivity index (χ3n) is 3.84. The lowest BCUT2D eigenvalue weighted by Gasteiger charge is -2.16. The van der Waals surface area contributed by atoms with E-state index in [4.69, 9.17) is 9.47 Å². The minimum atomic E-state index is -0.406. The van der Waals surface area contributed by atoms with Crippen molar-refractivity contribution in [1.29, 1.82) is 0 Å². The number of benzene rings is 2. The maximum Gasteiger partial charge on any atom is 0.251 e.